The van der Waals surface area contributed by atoms with E-state index in [4.69, 9.17) is 0 Å². The van der Waals surface area contributed by atoms with E-state index in [9.17, 15) is 4.79 Å². The first-order valence-electron chi connectivity index (χ1n) is 6.45. The Morgan fingerprint density at radius 2 is 2.06 bits per heavy atom. The van der Waals surface area contributed by atoms with Crippen LogP contribution in [0, 0.1) is 5.92 Å². The topological polar surface area (TPSA) is 20.3 Å². The molecule has 17 heavy (non-hydrogen) atoms. The molecule has 1 aromatic carbocycles. The lowest BCUT2D eigenvalue weighted by Crippen LogP contribution is -2.24. The van der Waals surface area contributed by atoms with Crippen LogP contribution in [0.25, 0.3) is 0 Å². The molecule has 0 heterocycles. The first-order valence-corrected chi connectivity index (χ1v) is 6.45. The zero-order chi connectivity index (χ0) is 12.3. The Kier molecular flexibility index (Phi) is 3.95. The minimum atomic E-state index is 0.254. The Labute approximate surface area is 104 Å². The third-order valence-electron chi connectivity index (χ3n) is 3.57. The molecule has 0 fully saturated rings. The second-order valence-electron chi connectivity index (χ2n) is 5.20. The van der Waals surface area contributed by atoms with Crippen molar-refractivity contribution < 1.29 is 4.79 Å². The first-order chi connectivity index (χ1) is 8.18. The van der Waals surface area contributed by atoms with E-state index in [0.717, 1.165) is 37.8 Å². The molecule has 2 heteroatoms. The molecule has 0 N–H and O–H groups in total. The Hall–Kier alpha value is -1.15. The normalized spacial score (nSPS) is 19.5. The van der Waals surface area contributed by atoms with Gasteiger partial charge in [0.2, 0.25) is 0 Å². The molecule has 0 amide bonds. The van der Waals surface area contributed by atoms with E-state index in [1.165, 1.54) is 5.56 Å². The summed E-state index contributed by atoms with van der Waals surface area (Å²) in [7, 11) is 4.16. The molecule has 0 saturated carbocycles. The van der Waals surface area contributed by atoms with Gasteiger partial charge in [0.25, 0.3) is 0 Å². The number of hydrogen-bond donors (Lipinski definition) is 0. The summed E-state index contributed by atoms with van der Waals surface area (Å²) in [6.07, 6.45) is 4.24. The highest BCUT2D eigenvalue weighted by molar-refractivity contribution is 6.00. The van der Waals surface area contributed by atoms with Gasteiger partial charge in [0, 0.05) is 11.5 Å². The predicted octanol–water partition coefficient (Wildman–Crippen LogP) is 2.77. The van der Waals surface area contributed by atoms with Crippen LogP contribution < -0.4 is 0 Å². The van der Waals surface area contributed by atoms with Gasteiger partial charge < -0.3 is 4.90 Å². The molecule has 2 rings (SSSR count). The van der Waals surface area contributed by atoms with Gasteiger partial charge in [-0.1, -0.05) is 24.3 Å². The highest BCUT2D eigenvalue weighted by atomic mass is 16.1. The van der Waals surface area contributed by atoms with E-state index in [-0.39, 0.29) is 5.92 Å². The smallest absolute Gasteiger partial charge is 0.166 e. The molecule has 0 bridgehead atoms. The first kappa shape index (κ1) is 12.3. The SMILES string of the molecule is CN(C)CCC[C@@H]1CCc2ccccc2C1=O. The number of carbonyl (C=O) groups excluding carboxylic acids is 1. The van der Waals surface area contributed by atoms with Gasteiger partial charge in [-0.3, -0.25) is 4.79 Å². The molecule has 0 spiro atoms. The maximum Gasteiger partial charge on any atom is 0.166 e. The Balaban J connectivity index is 1.98. The molecular formula is C15H21NO. The number of carbonyl (C=O) groups is 1. The summed E-state index contributed by atoms with van der Waals surface area (Å²) in [5.41, 5.74) is 2.20. The Morgan fingerprint density at radius 1 is 1.29 bits per heavy atom. The largest absolute Gasteiger partial charge is 0.309 e. The number of nitrogens with zero attached hydrogens (tertiary/aromatic N) is 1. The highest BCUT2D eigenvalue weighted by Gasteiger charge is 2.26. The van der Waals surface area contributed by atoms with Crippen LogP contribution in [0.3, 0.4) is 0 Å². The third-order valence-corrected chi connectivity index (χ3v) is 3.57. The number of fused-ring (bicyclic) bond motifs is 1. The maximum atomic E-state index is 12.3. The van der Waals surface area contributed by atoms with Crippen molar-refractivity contribution in [3.05, 3.63) is 35.4 Å². The molecular weight excluding hydrogens is 210 g/mol. The molecule has 0 saturated heterocycles. The van der Waals surface area contributed by atoms with Gasteiger partial charge >= 0.3 is 0 Å². The van der Waals surface area contributed by atoms with Crippen LogP contribution in [-0.4, -0.2) is 31.3 Å². The van der Waals surface area contributed by atoms with Gasteiger partial charge in [0.15, 0.2) is 5.78 Å². The molecule has 0 unspecified atom stereocenters. The van der Waals surface area contributed by atoms with Crippen LogP contribution >= 0.6 is 0 Å². The number of ketones is 1. The molecule has 1 aromatic rings. The van der Waals surface area contributed by atoms with Gasteiger partial charge in [-0.2, -0.15) is 0 Å². The fourth-order valence-electron chi connectivity index (χ4n) is 2.59. The van der Waals surface area contributed by atoms with E-state index in [2.05, 4.69) is 25.1 Å². The van der Waals surface area contributed by atoms with Crippen molar-refractivity contribution in [2.45, 2.75) is 25.7 Å². The van der Waals surface area contributed by atoms with E-state index in [1.807, 2.05) is 18.2 Å². The van der Waals surface area contributed by atoms with Crippen LogP contribution in [0.5, 0.6) is 0 Å². The lowest BCUT2D eigenvalue weighted by atomic mass is 9.80. The molecule has 92 valence electrons. The van der Waals surface area contributed by atoms with Crippen molar-refractivity contribution >= 4 is 5.78 Å². The number of rotatable bonds is 4. The average Bonchev–Trinajstić information content (AvgIpc) is 2.32. The Bertz CT molecular complexity index is 398. The summed E-state index contributed by atoms with van der Waals surface area (Å²) in [4.78, 5) is 14.5. The van der Waals surface area contributed by atoms with E-state index < -0.39 is 0 Å². The van der Waals surface area contributed by atoms with Gasteiger partial charge in [0.05, 0.1) is 0 Å². The minimum absolute atomic E-state index is 0.254. The van der Waals surface area contributed by atoms with E-state index >= 15 is 0 Å². The highest BCUT2D eigenvalue weighted by Crippen LogP contribution is 2.28. The summed E-state index contributed by atoms with van der Waals surface area (Å²) >= 11 is 0. The van der Waals surface area contributed by atoms with Crippen molar-refractivity contribution in [1.82, 2.24) is 4.90 Å². The summed E-state index contributed by atoms with van der Waals surface area (Å²) in [5, 5.41) is 0. The molecule has 0 aromatic heterocycles. The van der Waals surface area contributed by atoms with Crippen LogP contribution in [-0.2, 0) is 6.42 Å². The molecule has 1 atom stereocenters. The van der Waals surface area contributed by atoms with Gasteiger partial charge in [0.1, 0.15) is 0 Å². The van der Waals surface area contributed by atoms with Crippen molar-refractivity contribution in [2.24, 2.45) is 5.92 Å². The molecule has 1 aliphatic carbocycles. The zero-order valence-electron chi connectivity index (χ0n) is 10.8. The lowest BCUT2D eigenvalue weighted by Gasteiger charge is -2.23. The molecule has 2 nitrogen and oxygen atoms in total. The third kappa shape index (κ3) is 2.95. The molecule has 1 aliphatic rings. The van der Waals surface area contributed by atoms with Gasteiger partial charge in [-0.25, -0.2) is 0 Å². The van der Waals surface area contributed by atoms with Crippen molar-refractivity contribution in [2.75, 3.05) is 20.6 Å². The van der Waals surface area contributed by atoms with E-state index in [1.54, 1.807) is 0 Å². The van der Waals surface area contributed by atoms with Crippen LogP contribution in [0.4, 0.5) is 0 Å². The molecule has 0 radical (unpaired) electrons. The van der Waals surface area contributed by atoms with E-state index in [0.29, 0.717) is 5.78 Å². The number of hydrogen-bond acceptors (Lipinski definition) is 2. The second kappa shape index (κ2) is 5.46. The molecule has 0 aliphatic heterocycles. The van der Waals surface area contributed by atoms with Crippen LogP contribution in [0.15, 0.2) is 24.3 Å². The monoisotopic (exact) mass is 231 g/mol. The number of benzene rings is 1. The summed E-state index contributed by atoms with van der Waals surface area (Å²) in [6, 6.07) is 8.07. The Morgan fingerprint density at radius 3 is 2.82 bits per heavy atom. The standard InChI is InChI=1S/C15H21NO/c1-16(2)11-5-7-13-10-9-12-6-3-4-8-14(12)15(13)17/h3-4,6,8,13H,5,7,9-11H2,1-2H3/t13-/m1/s1. The van der Waals surface area contributed by atoms with Gasteiger partial charge in [-0.05, 0) is 51.9 Å². The van der Waals surface area contributed by atoms with Crippen molar-refractivity contribution in [1.29, 1.82) is 0 Å². The quantitative estimate of drug-likeness (QED) is 0.794. The fourth-order valence-corrected chi connectivity index (χ4v) is 2.59. The summed E-state index contributed by atoms with van der Waals surface area (Å²) < 4.78 is 0. The minimum Gasteiger partial charge on any atom is -0.309 e. The predicted molar refractivity (Wildman–Crippen MR) is 70.4 cm³/mol. The van der Waals surface area contributed by atoms with Crippen molar-refractivity contribution in [3.8, 4) is 0 Å². The lowest BCUT2D eigenvalue weighted by molar-refractivity contribution is 0.0891. The van der Waals surface area contributed by atoms with Crippen LogP contribution in [0.1, 0.15) is 35.2 Å². The number of Topliss-reactive ketones (excluding diaryl/α,β-unsaturated/α-hetero) is 1. The van der Waals surface area contributed by atoms with Gasteiger partial charge in [-0.15, -0.1) is 0 Å². The average molecular weight is 231 g/mol. The maximum absolute atomic E-state index is 12.3. The number of aryl methyl sites for hydroxylation is 1. The second-order valence-corrected chi connectivity index (χ2v) is 5.20. The zero-order valence-corrected chi connectivity index (χ0v) is 10.8. The van der Waals surface area contributed by atoms with Crippen molar-refractivity contribution in [3.63, 3.8) is 0 Å². The summed E-state index contributed by atoms with van der Waals surface area (Å²) in [6.45, 7) is 1.07. The fraction of sp³-hybridized carbons (Fsp3) is 0.533. The summed E-state index contributed by atoms with van der Waals surface area (Å²) in [5.74, 6) is 0.621. The van der Waals surface area contributed by atoms with Crippen LogP contribution in [0.2, 0.25) is 0 Å².